The summed E-state index contributed by atoms with van der Waals surface area (Å²) in [5.41, 5.74) is 1.47. The van der Waals surface area contributed by atoms with Crippen molar-refractivity contribution in [2.75, 3.05) is 13.1 Å². The van der Waals surface area contributed by atoms with E-state index in [4.69, 9.17) is 23.2 Å². The van der Waals surface area contributed by atoms with Crippen molar-refractivity contribution in [2.45, 2.75) is 32.7 Å². The molecule has 0 amide bonds. The van der Waals surface area contributed by atoms with E-state index < -0.39 is 0 Å². The molecule has 0 saturated carbocycles. The Kier molecular flexibility index (Phi) is 4.57. The van der Waals surface area contributed by atoms with Crippen molar-refractivity contribution in [1.82, 2.24) is 4.90 Å². The van der Waals surface area contributed by atoms with Gasteiger partial charge in [0, 0.05) is 29.7 Å². The van der Waals surface area contributed by atoms with Crippen molar-refractivity contribution in [3.63, 3.8) is 0 Å². The molecule has 0 aliphatic carbocycles. The molecule has 2 atom stereocenters. The average molecular weight is 222 g/mol. The van der Waals surface area contributed by atoms with Crippen molar-refractivity contribution in [3.8, 4) is 0 Å². The van der Waals surface area contributed by atoms with E-state index in [2.05, 4.69) is 18.7 Å². The second kappa shape index (κ2) is 5.23. The first kappa shape index (κ1) is 11.4. The van der Waals surface area contributed by atoms with Crippen molar-refractivity contribution < 1.29 is 0 Å². The molecule has 0 aromatic carbocycles. The third-order valence-corrected chi connectivity index (χ3v) is 3.32. The SMILES string of the molecule is CC1CCC(C)N(C/C(Cl)=C/Cl)C1. The summed E-state index contributed by atoms with van der Waals surface area (Å²) in [4.78, 5) is 2.40. The zero-order chi connectivity index (χ0) is 9.84. The van der Waals surface area contributed by atoms with Crippen LogP contribution in [0, 0.1) is 5.92 Å². The van der Waals surface area contributed by atoms with Crippen molar-refractivity contribution in [1.29, 1.82) is 0 Å². The molecular formula is C10H17Cl2N. The van der Waals surface area contributed by atoms with Crippen LogP contribution in [0.3, 0.4) is 0 Å². The van der Waals surface area contributed by atoms with Crippen molar-refractivity contribution in [3.05, 3.63) is 10.6 Å². The summed E-state index contributed by atoms with van der Waals surface area (Å²) in [5.74, 6) is 0.788. The fourth-order valence-corrected chi connectivity index (χ4v) is 2.05. The molecule has 1 nitrogen and oxygen atoms in total. The number of nitrogens with zero attached hydrogens (tertiary/aromatic N) is 1. The van der Waals surface area contributed by atoms with Crippen LogP contribution >= 0.6 is 23.2 Å². The molecule has 1 rings (SSSR count). The fourth-order valence-electron chi connectivity index (χ4n) is 1.83. The Morgan fingerprint density at radius 1 is 1.46 bits per heavy atom. The number of piperidine rings is 1. The molecular weight excluding hydrogens is 205 g/mol. The van der Waals surface area contributed by atoms with E-state index in [0.717, 1.165) is 24.0 Å². The Hall–Kier alpha value is 0.280. The van der Waals surface area contributed by atoms with Crippen LogP contribution in [0.25, 0.3) is 0 Å². The lowest BCUT2D eigenvalue weighted by molar-refractivity contribution is 0.139. The van der Waals surface area contributed by atoms with Crippen molar-refractivity contribution in [2.24, 2.45) is 5.92 Å². The van der Waals surface area contributed by atoms with Gasteiger partial charge in [0.2, 0.25) is 0 Å². The molecule has 0 aromatic heterocycles. The molecule has 1 aliphatic rings. The van der Waals surface area contributed by atoms with Crippen LogP contribution in [0.5, 0.6) is 0 Å². The van der Waals surface area contributed by atoms with Crippen molar-refractivity contribution >= 4 is 23.2 Å². The normalized spacial score (nSPS) is 32.2. The van der Waals surface area contributed by atoms with Gasteiger partial charge in [-0.05, 0) is 25.7 Å². The van der Waals surface area contributed by atoms with Gasteiger partial charge in [0.05, 0.1) is 0 Å². The zero-order valence-electron chi connectivity index (χ0n) is 8.26. The molecule has 0 bridgehead atoms. The third kappa shape index (κ3) is 3.49. The number of halogens is 2. The number of hydrogen-bond acceptors (Lipinski definition) is 1. The second-order valence-electron chi connectivity index (χ2n) is 4.02. The van der Waals surface area contributed by atoms with Gasteiger partial charge in [-0.3, -0.25) is 4.90 Å². The maximum absolute atomic E-state index is 5.90. The molecule has 76 valence electrons. The minimum atomic E-state index is 0.640. The Bertz CT molecular complexity index is 191. The van der Waals surface area contributed by atoms with Gasteiger partial charge < -0.3 is 0 Å². The monoisotopic (exact) mass is 221 g/mol. The molecule has 0 N–H and O–H groups in total. The quantitative estimate of drug-likeness (QED) is 0.691. The standard InChI is InChI=1S/C10H17Cl2N/c1-8-3-4-9(2)13(6-8)7-10(12)5-11/h5,8-9H,3-4,6-7H2,1-2H3/b10-5-. The molecule has 1 saturated heterocycles. The van der Waals surface area contributed by atoms with Crippen LogP contribution in [-0.2, 0) is 0 Å². The molecule has 1 aliphatic heterocycles. The van der Waals surface area contributed by atoms with E-state index in [0.29, 0.717) is 6.04 Å². The van der Waals surface area contributed by atoms with E-state index in [1.165, 1.54) is 18.4 Å². The van der Waals surface area contributed by atoms with Gasteiger partial charge in [-0.25, -0.2) is 0 Å². The van der Waals surface area contributed by atoms with Crippen LogP contribution in [0.2, 0.25) is 0 Å². The first-order valence-electron chi connectivity index (χ1n) is 4.82. The molecule has 1 heterocycles. The maximum Gasteiger partial charge on any atom is 0.0434 e. The first-order valence-corrected chi connectivity index (χ1v) is 5.63. The minimum Gasteiger partial charge on any atom is -0.295 e. The van der Waals surface area contributed by atoms with Gasteiger partial charge in [0.15, 0.2) is 0 Å². The smallest absolute Gasteiger partial charge is 0.0434 e. The second-order valence-corrected chi connectivity index (χ2v) is 4.72. The summed E-state index contributed by atoms with van der Waals surface area (Å²) < 4.78 is 0. The van der Waals surface area contributed by atoms with Crippen LogP contribution in [0.15, 0.2) is 10.6 Å². The lowest BCUT2D eigenvalue weighted by atomic mass is 9.95. The van der Waals surface area contributed by atoms with E-state index in [1.807, 2.05) is 0 Å². The highest BCUT2D eigenvalue weighted by Gasteiger charge is 2.22. The lowest BCUT2D eigenvalue weighted by Crippen LogP contribution is -2.41. The molecule has 0 radical (unpaired) electrons. The molecule has 1 fully saturated rings. The van der Waals surface area contributed by atoms with E-state index in [1.54, 1.807) is 0 Å². The van der Waals surface area contributed by atoms with Crippen LogP contribution < -0.4 is 0 Å². The van der Waals surface area contributed by atoms with Gasteiger partial charge in [-0.15, -0.1) is 0 Å². The fraction of sp³-hybridized carbons (Fsp3) is 0.800. The maximum atomic E-state index is 5.90. The van der Waals surface area contributed by atoms with Gasteiger partial charge in [0.25, 0.3) is 0 Å². The van der Waals surface area contributed by atoms with Crippen LogP contribution in [0.1, 0.15) is 26.7 Å². The summed E-state index contributed by atoms with van der Waals surface area (Å²) in [5, 5.41) is 0.739. The minimum absolute atomic E-state index is 0.640. The third-order valence-electron chi connectivity index (χ3n) is 2.72. The van der Waals surface area contributed by atoms with Crippen LogP contribution in [0.4, 0.5) is 0 Å². The van der Waals surface area contributed by atoms with Gasteiger partial charge in [0.1, 0.15) is 0 Å². The Balaban J connectivity index is 2.46. The highest BCUT2D eigenvalue weighted by molar-refractivity contribution is 6.36. The first-order chi connectivity index (χ1) is 6.13. The molecule has 0 spiro atoms. The predicted octanol–water partition coefficient (Wildman–Crippen LogP) is 3.43. The van der Waals surface area contributed by atoms with E-state index in [-0.39, 0.29) is 0 Å². The zero-order valence-corrected chi connectivity index (χ0v) is 9.78. The number of rotatable bonds is 2. The summed E-state index contributed by atoms with van der Waals surface area (Å²) in [7, 11) is 0. The van der Waals surface area contributed by atoms with Gasteiger partial charge in [-0.2, -0.15) is 0 Å². The molecule has 13 heavy (non-hydrogen) atoms. The summed E-state index contributed by atoms with van der Waals surface area (Å²) in [6.45, 7) is 6.49. The average Bonchev–Trinajstić information content (AvgIpc) is 2.11. The highest BCUT2D eigenvalue weighted by Crippen LogP contribution is 2.22. The van der Waals surface area contributed by atoms with E-state index >= 15 is 0 Å². The molecule has 3 heteroatoms. The topological polar surface area (TPSA) is 3.24 Å². The van der Waals surface area contributed by atoms with Gasteiger partial charge in [-0.1, -0.05) is 30.1 Å². The highest BCUT2D eigenvalue weighted by atomic mass is 35.5. The summed E-state index contributed by atoms with van der Waals surface area (Å²) in [6, 6.07) is 0.640. The van der Waals surface area contributed by atoms with E-state index in [9.17, 15) is 0 Å². The largest absolute Gasteiger partial charge is 0.295 e. The Morgan fingerprint density at radius 2 is 2.15 bits per heavy atom. The lowest BCUT2D eigenvalue weighted by Gasteiger charge is -2.36. The van der Waals surface area contributed by atoms with Gasteiger partial charge >= 0.3 is 0 Å². The summed E-state index contributed by atoms with van der Waals surface area (Å²) in [6.07, 6.45) is 2.60. The molecule has 0 aromatic rings. The number of likely N-dealkylation sites (tertiary alicyclic amines) is 1. The Morgan fingerprint density at radius 3 is 2.77 bits per heavy atom. The predicted molar refractivity (Wildman–Crippen MR) is 59.2 cm³/mol. The number of hydrogen-bond donors (Lipinski definition) is 0. The summed E-state index contributed by atoms with van der Waals surface area (Å²) >= 11 is 11.4. The van der Waals surface area contributed by atoms with Crippen LogP contribution in [-0.4, -0.2) is 24.0 Å². The molecule has 2 unspecified atom stereocenters. The Labute approximate surface area is 90.7 Å².